The lowest BCUT2D eigenvalue weighted by molar-refractivity contribution is 0.754. The van der Waals surface area contributed by atoms with Gasteiger partial charge in [-0.05, 0) is 6.07 Å². The van der Waals surface area contributed by atoms with E-state index in [-0.39, 0.29) is 5.56 Å². The van der Waals surface area contributed by atoms with Gasteiger partial charge < -0.3 is 4.57 Å². The van der Waals surface area contributed by atoms with Crippen LogP contribution in [0.25, 0.3) is 0 Å². The zero-order valence-electron chi connectivity index (χ0n) is 7.48. The van der Waals surface area contributed by atoms with Gasteiger partial charge >= 0.3 is 0 Å². The monoisotopic (exact) mass is 260 g/mol. The van der Waals surface area contributed by atoms with E-state index >= 15 is 0 Å². The van der Waals surface area contributed by atoms with Crippen molar-refractivity contribution < 1.29 is 0 Å². The lowest BCUT2D eigenvalue weighted by atomic mass is 10.4. The van der Waals surface area contributed by atoms with E-state index < -0.39 is 0 Å². The molecule has 0 bridgehead atoms. The Morgan fingerprint density at radius 1 is 1.40 bits per heavy atom. The van der Waals surface area contributed by atoms with Gasteiger partial charge in [-0.3, -0.25) is 4.79 Å². The van der Waals surface area contributed by atoms with Crippen LogP contribution in [0.1, 0.15) is 5.01 Å². The molecule has 0 saturated carbocycles. The zero-order valence-corrected chi connectivity index (χ0v) is 9.81. The van der Waals surface area contributed by atoms with E-state index in [4.69, 9.17) is 23.2 Å². The fraction of sp³-hybridized carbons (Fsp3) is 0.111. The molecular weight excluding hydrogens is 255 g/mol. The van der Waals surface area contributed by atoms with Crippen molar-refractivity contribution in [3.8, 4) is 0 Å². The highest BCUT2D eigenvalue weighted by Crippen LogP contribution is 2.15. The predicted molar refractivity (Wildman–Crippen MR) is 61.9 cm³/mol. The van der Waals surface area contributed by atoms with E-state index in [1.807, 2.05) is 0 Å². The van der Waals surface area contributed by atoms with Crippen LogP contribution >= 0.6 is 34.5 Å². The second-order valence-electron chi connectivity index (χ2n) is 2.88. The van der Waals surface area contributed by atoms with Crippen molar-refractivity contribution >= 4 is 34.5 Å². The molecule has 0 aromatic carbocycles. The number of aromatic nitrogens is 2. The maximum atomic E-state index is 11.4. The van der Waals surface area contributed by atoms with Gasteiger partial charge in [0.05, 0.1) is 11.6 Å². The molecule has 15 heavy (non-hydrogen) atoms. The molecule has 6 heteroatoms. The lowest BCUT2D eigenvalue weighted by Crippen LogP contribution is -2.18. The average molecular weight is 261 g/mol. The van der Waals surface area contributed by atoms with E-state index in [0.29, 0.717) is 16.7 Å². The number of hydrogen-bond acceptors (Lipinski definition) is 3. The molecule has 2 aromatic rings. The van der Waals surface area contributed by atoms with E-state index in [2.05, 4.69) is 4.98 Å². The molecule has 0 fully saturated rings. The topological polar surface area (TPSA) is 34.9 Å². The van der Waals surface area contributed by atoms with Crippen molar-refractivity contribution in [1.82, 2.24) is 9.55 Å². The first-order valence-corrected chi connectivity index (χ1v) is 5.74. The minimum atomic E-state index is -0.106. The summed E-state index contributed by atoms with van der Waals surface area (Å²) in [5, 5.41) is 3.48. The Hall–Kier alpha value is -0.840. The van der Waals surface area contributed by atoms with Crippen molar-refractivity contribution in [3.63, 3.8) is 0 Å². The first kappa shape index (κ1) is 10.7. The van der Waals surface area contributed by atoms with E-state index in [1.165, 1.54) is 22.0 Å². The third kappa shape index (κ3) is 2.59. The van der Waals surface area contributed by atoms with Crippen molar-refractivity contribution in [2.75, 3.05) is 0 Å². The zero-order chi connectivity index (χ0) is 10.8. The number of hydrogen-bond donors (Lipinski definition) is 0. The molecule has 0 N–H and O–H groups in total. The Kier molecular flexibility index (Phi) is 3.09. The summed E-state index contributed by atoms with van der Waals surface area (Å²) in [5.74, 6) is 0. The Morgan fingerprint density at radius 3 is 2.87 bits per heavy atom. The third-order valence-corrected chi connectivity index (χ3v) is 3.16. The molecule has 0 spiro atoms. The molecule has 0 aliphatic carbocycles. The van der Waals surface area contributed by atoms with Crippen LogP contribution in [0.2, 0.25) is 10.2 Å². The van der Waals surface area contributed by atoms with Crippen LogP contribution in [0, 0.1) is 0 Å². The standard InChI is InChI=1S/C9H6Cl2N2OS/c10-6-1-2-9(14)13(3-6)4-8-12-7(11)5-15-8/h1-3,5H,4H2. The lowest BCUT2D eigenvalue weighted by Gasteiger charge is -2.02. The summed E-state index contributed by atoms with van der Waals surface area (Å²) < 4.78 is 1.50. The molecule has 3 nitrogen and oxygen atoms in total. The molecule has 2 heterocycles. The second-order valence-corrected chi connectivity index (χ2v) is 4.64. The van der Waals surface area contributed by atoms with Gasteiger partial charge in [0.15, 0.2) is 0 Å². The van der Waals surface area contributed by atoms with E-state index in [9.17, 15) is 4.79 Å². The molecule has 0 unspecified atom stereocenters. The second kappa shape index (κ2) is 4.35. The summed E-state index contributed by atoms with van der Waals surface area (Å²) in [6.07, 6.45) is 1.58. The predicted octanol–water partition coefficient (Wildman–Crippen LogP) is 2.66. The van der Waals surface area contributed by atoms with Crippen molar-refractivity contribution in [2.24, 2.45) is 0 Å². The summed E-state index contributed by atoms with van der Waals surface area (Å²) >= 11 is 12.9. The normalized spacial score (nSPS) is 10.5. The largest absolute Gasteiger partial charge is 0.307 e. The molecule has 0 aliphatic heterocycles. The Labute approximate surface area is 99.9 Å². The maximum absolute atomic E-state index is 11.4. The molecule has 2 rings (SSSR count). The van der Waals surface area contributed by atoms with Crippen molar-refractivity contribution in [2.45, 2.75) is 6.54 Å². The highest BCUT2D eigenvalue weighted by molar-refractivity contribution is 7.10. The number of pyridine rings is 1. The van der Waals surface area contributed by atoms with Gasteiger partial charge in [0, 0.05) is 17.6 Å². The Bertz CT molecular complexity index is 535. The van der Waals surface area contributed by atoms with Crippen molar-refractivity contribution in [1.29, 1.82) is 0 Å². The molecule has 78 valence electrons. The van der Waals surface area contributed by atoms with Crippen molar-refractivity contribution in [3.05, 3.63) is 49.2 Å². The average Bonchev–Trinajstić information content (AvgIpc) is 2.58. The minimum absolute atomic E-state index is 0.106. The molecule has 2 aromatic heterocycles. The van der Waals surface area contributed by atoms with Crippen LogP contribution in [-0.2, 0) is 6.54 Å². The Balaban J connectivity index is 2.31. The van der Waals surface area contributed by atoms with E-state index in [0.717, 1.165) is 5.01 Å². The molecular formula is C9H6Cl2N2OS. The van der Waals surface area contributed by atoms with Crippen LogP contribution < -0.4 is 5.56 Å². The molecule has 0 radical (unpaired) electrons. The van der Waals surface area contributed by atoms with Gasteiger partial charge in [0.25, 0.3) is 5.56 Å². The van der Waals surface area contributed by atoms with Crippen LogP contribution in [0.4, 0.5) is 0 Å². The first-order valence-electron chi connectivity index (χ1n) is 4.11. The first-order chi connectivity index (χ1) is 7.15. The summed E-state index contributed by atoms with van der Waals surface area (Å²) in [4.78, 5) is 15.5. The summed E-state index contributed by atoms with van der Waals surface area (Å²) in [5.41, 5.74) is -0.106. The number of halogens is 2. The molecule has 0 atom stereocenters. The molecule has 0 amide bonds. The van der Waals surface area contributed by atoms with Crippen LogP contribution in [0.5, 0.6) is 0 Å². The number of rotatable bonds is 2. The van der Waals surface area contributed by atoms with Crippen LogP contribution in [0.3, 0.4) is 0 Å². The van der Waals surface area contributed by atoms with Gasteiger partial charge in [0.1, 0.15) is 10.2 Å². The van der Waals surface area contributed by atoms with E-state index in [1.54, 1.807) is 17.6 Å². The quantitative estimate of drug-likeness (QED) is 0.833. The Morgan fingerprint density at radius 2 is 2.20 bits per heavy atom. The van der Waals surface area contributed by atoms with Gasteiger partial charge in [-0.25, -0.2) is 4.98 Å². The van der Waals surface area contributed by atoms with Gasteiger partial charge in [-0.15, -0.1) is 11.3 Å². The molecule has 0 saturated heterocycles. The molecule has 0 aliphatic rings. The minimum Gasteiger partial charge on any atom is -0.307 e. The fourth-order valence-electron chi connectivity index (χ4n) is 1.13. The smallest absolute Gasteiger partial charge is 0.250 e. The van der Waals surface area contributed by atoms with Gasteiger partial charge in [-0.1, -0.05) is 23.2 Å². The van der Waals surface area contributed by atoms with Gasteiger partial charge in [-0.2, -0.15) is 0 Å². The van der Waals surface area contributed by atoms with Gasteiger partial charge in [0.2, 0.25) is 0 Å². The van der Waals surface area contributed by atoms with Crippen LogP contribution in [0.15, 0.2) is 28.5 Å². The summed E-state index contributed by atoms with van der Waals surface area (Å²) in [6, 6.07) is 2.99. The number of thiazole rings is 1. The fourth-order valence-corrected chi connectivity index (χ4v) is 2.25. The highest BCUT2D eigenvalue weighted by atomic mass is 35.5. The SMILES string of the molecule is O=c1ccc(Cl)cn1Cc1nc(Cl)cs1. The summed E-state index contributed by atoms with van der Waals surface area (Å²) in [6.45, 7) is 0.400. The number of nitrogens with zero attached hydrogens (tertiary/aromatic N) is 2. The highest BCUT2D eigenvalue weighted by Gasteiger charge is 2.02. The van der Waals surface area contributed by atoms with Crippen LogP contribution in [-0.4, -0.2) is 9.55 Å². The summed E-state index contributed by atoms with van der Waals surface area (Å²) in [7, 11) is 0. The maximum Gasteiger partial charge on any atom is 0.250 e. The third-order valence-electron chi connectivity index (χ3n) is 1.78.